The summed E-state index contributed by atoms with van der Waals surface area (Å²) in [5.74, 6) is -1.43. The van der Waals surface area contributed by atoms with Gasteiger partial charge in [0.15, 0.2) is 11.5 Å². The Hall–Kier alpha value is -3.98. The number of halogens is 2. The first-order chi connectivity index (χ1) is 17.1. The Morgan fingerprint density at radius 3 is 2.42 bits per heavy atom. The fourth-order valence-corrected chi connectivity index (χ4v) is 3.85. The summed E-state index contributed by atoms with van der Waals surface area (Å²) < 4.78 is 38.2. The topological polar surface area (TPSA) is 93.9 Å². The Balaban J connectivity index is 1.54. The lowest BCUT2D eigenvalue weighted by Crippen LogP contribution is -2.41. The van der Waals surface area contributed by atoms with E-state index in [2.05, 4.69) is 5.32 Å². The molecule has 4 rings (SSSR count). The summed E-state index contributed by atoms with van der Waals surface area (Å²) in [6.45, 7) is 4.63. The van der Waals surface area contributed by atoms with Gasteiger partial charge in [-0.2, -0.15) is 0 Å². The zero-order valence-electron chi connectivity index (χ0n) is 20.0. The number of carbonyl (C=O) groups excluding carboxylic acids is 2. The van der Waals surface area contributed by atoms with Crippen molar-refractivity contribution in [3.05, 3.63) is 89.0 Å². The van der Waals surface area contributed by atoms with Crippen molar-refractivity contribution in [2.45, 2.75) is 20.4 Å². The van der Waals surface area contributed by atoms with E-state index in [1.54, 1.807) is 42.5 Å². The van der Waals surface area contributed by atoms with Gasteiger partial charge in [0, 0.05) is 36.0 Å². The molecule has 2 amide bonds. The van der Waals surface area contributed by atoms with E-state index in [0.29, 0.717) is 29.3 Å². The maximum atomic E-state index is 13.8. The summed E-state index contributed by atoms with van der Waals surface area (Å²) in [5, 5.41) is 2.84. The zero-order chi connectivity index (χ0) is 25.9. The van der Waals surface area contributed by atoms with Gasteiger partial charge in [-0.3, -0.25) is 9.59 Å². The second kappa shape index (κ2) is 10.3. The third kappa shape index (κ3) is 5.98. The van der Waals surface area contributed by atoms with Crippen LogP contribution in [0.15, 0.2) is 60.7 Å². The maximum absolute atomic E-state index is 13.8. The van der Waals surface area contributed by atoms with Crippen LogP contribution in [0.4, 0.5) is 14.5 Å². The molecule has 3 N–H and O–H groups in total. The summed E-state index contributed by atoms with van der Waals surface area (Å²) in [5.41, 5.74) is 7.00. The van der Waals surface area contributed by atoms with Crippen LogP contribution in [0, 0.1) is 17.0 Å². The van der Waals surface area contributed by atoms with E-state index in [4.69, 9.17) is 15.2 Å². The van der Waals surface area contributed by atoms with E-state index in [9.17, 15) is 18.4 Å². The summed E-state index contributed by atoms with van der Waals surface area (Å²) in [6.07, 6.45) is 0. The van der Waals surface area contributed by atoms with Gasteiger partial charge in [0.1, 0.15) is 11.6 Å². The number of ether oxygens (including phenoxy) is 2. The average Bonchev–Trinajstić information content (AvgIpc) is 3.31. The van der Waals surface area contributed by atoms with Gasteiger partial charge in [0.05, 0.1) is 0 Å². The smallest absolute Gasteiger partial charge is 0.255 e. The first-order valence-corrected chi connectivity index (χ1v) is 11.4. The van der Waals surface area contributed by atoms with Crippen molar-refractivity contribution < 1.29 is 27.8 Å². The fourth-order valence-electron chi connectivity index (χ4n) is 3.85. The van der Waals surface area contributed by atoms with E-state index < -0.39 is 23.0 Å². The Morgan fingerprint density at radius 1 is 0.972 bits per heavy atom. The van der Waals surface area contributed by atoms with E-state index in [-0.39, 0.29) is 31.4 Å². The maximum Gasteiger partial charge on any atom is 0.255 e. The van der Waals surface area contributed by atoms with Crippen molar-refractivity contribution in [1.82, 2.24) is 4.90 Å². The van der Waals surface area contributed by atoms with Crippen LogP contribution in [0.2, 0.25) is 0 Å². The number of nitrogens with zero attached hydrogens (tertiary/aromatic N) is 1. The Labute approximate surface area is 207 Å². The number of benzene rings is 3. The number of hydrogen-bond acceptors (Lipinski definition) is 5. The minimum absolute atomic E-state index is 0.0902. The highest BCUT2D eigenvalue weighted by Crippen LogP contribution is 2.32. The number of nitrogens with one attached hydrogen (secondary N) is 1. The molecule has 0 fully saturated rings. The van der Waals surface area contributed by atoms with Crippen molar-refractivity contribution >= 4 is 17.5 Å². The first kappa shape index (κ1) is 25.1. The summed E-state index contributed by atoms with van der Waals surface area (Å²) in [7, 11) is 0. The molecule has 3 aromatic rings. The van der Waals surface area contributed by atoms with Crippen LogP contribution >= 0.6 is 0 Å². The number of rotatable bonds is 8. The second-order valence-corrected chi connectivity index (χ2v) is 9.41. The molecule has 0 bridgehead atoms. The van der Waals surface area contributed by atoms with Gasteiger partial charge >= 0.3 is 0 Å². The van der Waals surface area contributed by atoms with Gasteiger partial charge in [0.2, 0.25) is 6.79 Å². The molecule has 0 saturated carbocycles. The molecule has 1 aliphatic rings. The third-order valence-electron chi connectivity index (χ3n) is 5.76. The molecular formula is C27H27F2N3O4. The molecule has 36 heavy (non-hydrogen) atoms. The van der Waals surface area contributed by atoms with Crippen LogP contribution in [0.1, 0.15) is 40.1 Å². The molecule has 7 nitrogen and oxygen atoms in total. The minimum atomic E-state index is -0.829. The number of amides is 2. The molecule has 0 aliphatic carbocycles. The lowest BCUT2D eigenvalue weighted by Gasteiger charge is -2.32. The van der Waals surface area contributed by atoms with Gasteiger partial charge in [-0.1, -0.05) is 26.0 Å². The molecule has 1 aliphatic heterocycles. The second-order valence-electron chi connectivity index (χ2n) is 9.41. The third-order valence-corrected chi connectivity index (χ3v) is 5.76. The lowest BCUT2D eigenvalue weighted by molar-refractivity contribution is 0.0672. The van der Waals surface area contributed by atoms with Crippen molar-refractivity contribution in [3.63, 3.8) is 0 Å². The molecule has 0 aromatic heterocycles. The lowest BCUT2D eigenvalue weighted by atomic mass is 9.92. The normalized spacial score (nSPS) is 12.4. The predicted octanol–water partition coefficient (Wildman–Crippen LogP) is 4.57. The van der Waals surface area contributed by atoms with E-state index >= 15 is 0 Å². The standard InChI is InChI=1S/C27H27F2N3O4/c1-27(2,14-30)15-32(26(34)19-9-20(28)12-21(29)10-19)13-17-4-3-5-22(8-17)31-25(33)18-6-7-23-24(11-18)36-16-35-23/h3-12H,13-16,30H2,1-2H3,(H,31,33). The van der Waals surface area contributed by atoms with Crippen molar-refractivity contribution in [2.75, 3.05) is 25.2 Å². The Bertz CT molecular complexity index is 1280. The van der Waals surface area contributed by atoms with Crippen LogP contribution in [-0.4, -0.2) is 36.6 Å². The summed E-state index contributed by atoms with van der Waals surface area (Å²) >= 11 is 0. The van der Waals surface area contributed by atoms with Crippen molar-refractivity contribution in [1.29, 1.82) is 0 Å². The number of nitrogens with two attached hydrogens (primary N) is 1. The average molecular weight is 496 g/mol. The highest BCUT2D eigenvalue weighted by molar-refractivity contribution is 6.04. The molecule has 0 unspecified atom stereocenters. The highest BCUT2D eigenvalue weighted by atomic mass is 19.1. The van der Waals surface area contributed by atoms with Crippen molar-refractivity contribution in [2.24, 2.45) is 11.1 Å². The molecular weight excluding hydrogens is 468 g/mol. The van der Waals surface area contributed by atoms with Gasteiger partial charge in [-0.25, -0.2) is 8.78 Å². The number of fused-ring (bicyclic) bond motifs is 1. The van der Waals surface area contributed by atoms with Crippen LogP contribution in [0.3, 0.4) is 0 Å². The van der Waals surface area contributed by atoms with Crippen LogP contribution in [-0.2, 0) is 6.54 Å². The number of carbonyl (C=O) groups is 2. The SMILES string of the molecule is CC(C)(CN)CN(Cc1cccc(NC(=O)c2ccc3c(c2)OCO3)c1)C(=O)c1cc(F)cc(F)c1. The summed E-state index contributed by atoms with van der Waals surface area (Å²) in [6, 6.07) is 14.7. The highest BCUT2D eigenvalue weighted by Gasteiger charge is 2.26. The van der Waals surface area contributed by atoms with Gasteiger partial charge in [-0.15, -0.1) is 0 Å². The molecule has 0 atom stereocenters. The molecule has 0 radical (unpaired) electrons. The predicted molar refractivity (Wildman–Crippen MR) is 131 cm³/mol. The molecule has 0 spiro atoms. The van der Waals surface area contributed by atoms with Crippen LogP contribution in [0.25, 0.3) is 0 Å². The van der Waals surface area contributed by atoms with Crippen LogP contribution < -0.4 is 20.5 Å². The number of hydrogen-bond donors (Lipinski definition) is 2. The zero-order valence-corrected chi connectivity index (χ0v) is 20.0. The molecule has 9 heteroatoms. The molecule has 3 aromatic carbocycles. The largest absolute Gasteiger partial charge is 0.454 e. The van der Waals surface area contributed by atoms with Crippen LogP contribution in [0.5, 0.6) is 11.5 Å². The number of anilines is 1. The van der Waals surface area contributed by atoms with Gasteiger partial charge in [0.25, 0.3) is 11.8 Å². The van der Waals surface area contributed by atoms with Gasteiger partial charge in [-0.05, 0) is 60.0 Å². The summed E-state index contributed by atoms with van der Waals surface area (Å²) in [4.78, 5) is 27.5. The first-order valence-electron chi connectivity index (χ1n) is 11.4. The fraction of sp³-hybridized carbons (Fsp3) is 0.259. The van der Waals surface area contributed by atoms with Crippen molar-refractivity contribution in [3.8, 4) is 11.5 Å². The Morgan fingerprint density at radius 2 is 1.69 bits per heavy atom. The quantitative estimate of drug-likeness (QED) is 0.477. The molecule has 188 valence electrons. The monoisotopic (exact) mass is 495 g/mol. The molecule has 1 heterocycles. The van der Waals surface area contributed by atoms with Gasteiger partial charge < -0.3 is 25.4 Å². The molecule has 0 saturated heterocycles. The van der Waals surface area contributed by atoms with E-state index in [1.807, 2.05) is 13.8 Å². The van der Waals surface area contributed by atoms with E-state index in [0.717, 1.165) is 23.8 Å². The minimum Gasteiger partial charge on any atom is -0.454 e. The Kier molecular flexibility index (Phi) is 7.21. The van der Waals surface area contributed by atoms with E-state index in [1.165, 1.54) is 4.90 Å².